The smallest absolute Gasteiger partial charge is 0.266 e. The van der Waals surface area contributed by atoms with Crippen LogP contribution in [0, 0.1) is 0 Å². The van der Waals surface area contributed by atoms with Crippen molar-refractivity contribution in [1.82, 2.24) is 5.06 Å². The maximum absolute atomic E-state index is 10.1. The van der Waals surface area contributed by atoms with Crippen LogP contribution in [-0.2, 0) is 10.1 Å². The van der Waals surface area contributed by atoms with Crippen LogP contribution in [0.5, 0.6) is 0 Å². The summed E-state index contributed by atoms with van der Waals surface area (Å²) in [7, 11) is -3.93. The molecule has 0 aliphatic carbocycles. The summed E-state index contributed by atoms with van der Waals surface area (Å²) in [6.07, 6.45) is 0. The molecule has 0 bridgehead atoms. The lowest BCUT2D eigenvalue weighted by Crippen LogP contribution is -2.25. The molecule has 0 aromatic rings. The molecule has 2 N–H and O–H groups in total. The molecule has 0 aliphatic heterocycles. The van der Waals surface area contributed by atoms with Gasteiger partial charge in [0, 0.05) is 13.1 Å². The Kier molecular flexibility index (Phi) is 3.80. The number of hydrogen-bond donors (Lipinski definition) is 2. The van der Waals surface area contributed by atoms with E-state index in [-0.39, 0.29) is 6.54 Å². The summed E-state index contributed by atoms with van der Waals surface area (Å²) in [5.74, 6) is -0.433. The summed E-state index contributed by atoms with van der Waals surface area (Å²) >= 11 is 0. The van der Waals surface area contributed by atoms with E-state index in [9.17, 15) is 8.42 Å². The van der Waals surface area contributed by atoms with Gasteiger partial charge in [-0.3, -0.25) is 4.55 Å². The van der Waals surface area contributed by atoms with Crippen LogP contribution < -0.4 is 0 Å². The molecule has 62 valence electrons. The van der Waals surface area contributed by atoms with Crippen molar-refractivity contribution in [3.8, 4) is 0 Å². The van der Waals surface area contributed by atoms with E-state index in [1.165, 1.54) is 0 Å². The van der Waals surface area contributed by atoms with Gasteiger partial charge < -0.3 is 5.21 Å². The van der Waals surface area contributed by atoms with Crippen LogP contribution in [0.3, 0.4) is 0 Å². The normalized spacial score (nSPS) is 12.4. The molecular formula is C4H11NO4S. The first-order chi connectivity index (χ1) is 4.45. The van der Waals surface area contributed by atoms with Crippen LogP contribution in [-0.4, -0.2) is 42.1 Å². The van der Waals surface area contributed by atoms with Crippen molar-refractivity contribution in [1.29, 1.82) is 0 Å². The molecule has 0 aliphatic rings. The third-order valence-corrected chi connectivity index (χ3v) is 1.67. The van der Waals surface area contributed by atoms with Crippen molar-refractivity contribution in [3.05, 3.63) is 0 Å². The van der Waals surface area contributed by atoms with E-state index in [0.717, 1.165) is 5.06 Å². The van der Waals surface area contributed by atoms with Crippen LogP contribution in [0.4, 0.5) is 0 Å². The topological polar surface area (TPSA) is 77.8 Å². The molecule has 0 amide bonds. The van der Waals surface area contributed by atoms with E-state index in [1.807, 2.05) is 0 Å². The van der Waals surface area contributed by atoms with Crippen LogP contribution in [0.2, 0.25) is 0 Å². The fraction of sp³-hybridized carbons (Fsp3) is 1.00. The molecule has 5 nitrogen and oxygen atoms in total. The lowest BCUT2D eigenvalue weighted by atomic mass is 10.6. The van der Waals surface area contributed by atoms with Gasteiger partial charge in [0.05, 0.1) is 5.75 Å². The van der Waals surface area contributed by atoms with Gasteiger partial charge in [0.15, 0.2) is 0 Å². The summed E-state index contributed by atoms with van der Waals surface area (Å²) in [5.41, 5.74) is 0. The predicted molar refractivity (Wildman–Crippen MR) is 35.4 cm³/mol. The summed E-state index contributed by atoms with van der Waals surface area (Å²) < 4.78 is 28.3. The Bertz CT molecular complexity index is 176. The molecule has 6 heteroatoms. The first kappa shape index (κ1) is 9.83. The number of nitrogens with zero attached hydrogens (tertiary/aromatic N) is 1. The Balaban J connectivity index is 3.56. The molecule has 0 atom stereocenters. The second kappa shape index (κ2) is 3.87. The predicted octanol–water partition coefficient (Wildman–Crippen LogP) is -0.415. The fourth-order valence-corrected chi connectivity index (χ4v) is 0.820. The summed E-state index contributed by atoms with van der Waals surface area (Å²) in [4.78, 5) is 0. The van der Waals surface area contributed by atoms with E-state index in [4.69, 9.17) is 9.76 Å². The van der Waals surface area contributed by atoms with E-state index in [0.29, 0.717) is 6.54 Å². The van der Waals surface area contributed by atoms with Gasteiger partial charge in [-0.2, -0.15) is 13.5 Å². The first-order valence-electron chi connectivity index (χ1n) is 2.84. The maximum Gasteiger partial charge on any atom is 0.266 e. The third kappa shape index (κ3) is 5.96. The van der Waals surface area contributed by atoms with Gasteiger partial charge in [-0.15, -0.1) is 0 Å². The highest BCUT2D eigenvalue weighted by molar-refractivity contribution is 7.85. The molecule has 10 heavy (non-hydrogen) atoms. The molecule has 0 aromatic carbocycles. The molecular weight excluding hydrogens is 158 g/mol. The Morgan fingerprint density at radius 1 is 1.50 bits per heavy atom. The van der Waals surface area contributed by atoms with Crippen molar-refractivity contribution >= 4 is 10.1 Å². The minimum absolute atomic E-state index is 0.0602. The molecule has 0 fully saturated rings. The van der Waals surface area contributed by atoms with Gasteiger partial charge in [0.2, 0.25) is 0 Å². The Labute approximate surface area is 60.0 Å². The van der Waals surface area contributed by atoms with Crippen molar-refractivity contribution in [3.63, 3.8) is 0 Å². The largest absolute Gasteiger partial charge is 0.314 e. The average molecular weight is 169 g/mol. The first-order valence-corrected chi connectivity index (χ1v) is 4.45. The van der Waals surface area contributed by atoms with Gasteiger partial charge in [0.25, 0.3) is 10.1 Å². The zero-order valence-electron chi connectivity index (χ0n) is 5.69. The van der Waals surface area contributed by atoms with Crippen LogP contribution in [0.25, 0.3) is 0 Å². The highest BCUT2D eigenvalue weighted by Crippen LogP contribution is 1.85. The molecule has 0 aromatic heterocycles. The van der Waals surface area contributed by atoms with E-state index in [1.54, 1.807) is 6.92 Å². The Morgan fingerprint density at radius 3 is 2.30 bits per heavy atom. The monoisotopic (exact) mass is 169 g/mol. The minimum Gasteiger partial charge on any atom is -0.314 e. The number of hydroxylamine groups is 2. The minimum atomic E-state index is -3.93. The maximum atomic E-state index is 10.1. The van der Waals surface area contributed by atoms with Crippen LogP contribution in [0.1, 0.15) is 6.92 Å². The van der Waals surface area contributed by atoms with Crippen LogP contribution in [0.15, 0.2) is 0 Å². The Morgan fingerprint density at radius 2 is 2.00 bits per heavy atom. The number of rotatable bonds is 4. The molecule has 0 spiro atoms. The van der Waals surface area contributed by atoms with Gasteiger partial charge in [-0.05, 0) is 0 Å². The molecule has 0 unspecified atom stereocenters. The van der Waals surface area contributed by atoms with E-state index in [2.05, 4.69) is 0 Å². The van der Waals surface area contributed by atoms with Gasteiger partial charge in [-0.25, -0.2) is 0 Å². The quantitative estimate of drug-likeness (QED) is 0.441. The van der Waals surface area contributed by atoms with Crippen LogP contribution >= 0.6 is 0 Å². The van der Waals surface area contributed by atoms with Crippen molar-refractivity contribution < 1.29 is 18.2 Å². The van der Waals surface area contributed by atoms with Crippen molar-refractivity contribution in [2.24, 2.45) is 0 Å². The van der Waals surface area contributed by atoms with Gasteiger partial charge in [-0.1, -0.05) is 6.92 Å². The Hall–Kier alpha value is -0.170. The average Bonchev–Trinajstić information content (AvgIpc) is 1.81. The third-order valence-electron chi connectivity index (χ3n) is 0.972. The van der Waals surface area contributed by atoms with Gasteiger partial charge in [0.1, 0.15) is 0 Å². The van der Waals surface area contributed by atoms with E-state index < -0.39 is 15.9 Å². The molecule has 0 rings (SSSR count). The lowest BCUT2D eigenvalue weighted by Gasteiger charge is -2.09. The van der Waals surface area contributed by atoms with E-state index >= 15 is 0 Å². The second-order valence-electron chi connectivity index (χ2n) is 1.83. The molecule has 0 saturated carbocycles. The second-order valence-corrected chi connectivity index (χ2v) is 3.40. The lowest BCUT2D eigenvalue weighted by molar-refractivity contribution is -0.0807. The van der Waals surface area contributed by atoms with Crippen molar-refractivity contribution in [2.45, 2.75) is 6.92 Å². The van der Waals surface area contributed by atoms with Crippen molar-refractivity contribution in [2.75, 3.05) is 18.8 Å². The zero-order valence-corrected chi connectivity index (χ0v) is 6.50. The highest BCUT2D eigenvalue weighted by Gasteiger charge is 2.05. The number of hydrogen-bond acceptors (Lipinski definition) is 4. The summed E-state index contributed by atoms with van der Waals surface area (Å²) in [5, 5.41) is 9.49. The SMILES string of the molecule is CCN(O)CCS(=O)(=O)O. The summed E-state index contributed by atoms with van der Waals surface area (Å²) in [6.45, 7) is 1.95. The standard InChI is InChI=1S/C4H11NO4S/c1-2-5(6)3-4-10(7,8)9/h6H,2-4H2,1H3,(H,7,8,9). The van der Waals surface area contributed by atoms with Gasteiger partial charge >= 0.3 is 0 Å². The molecule has 0 radical (unpaired) electrons. The molecule has 0 saturated heterocycles. The fourth-order valence-electron chi connectivity index (χ4n) is 0.379. The highest BCUT2D eigenvalue weighted by atomic mass is 32.2. The summed E-state index contributed by atoms with van der Waals surface area (Å²) in [6, 6.07) is 0. The molecule has 0 heterocycles. The zero-order chi connectivity index (χ0) is 8.20.